The summed E-state index contributed by atoms with van der Waals surface area (Å²) in [4.78, 5) is 27.2. The molecule has 1 atom stereocenters. The average molecular weight is 424 g/mol. The molecule has 0 bridgehead atoms. The maximum absolute atomic E-state index is 12.9. The van der Waals surface area contributed by atoms with Crippen molar-refractivity contribution in [1.82, 2.24) is 4.90 Å². The SMILES string of the molecule is CCCN1C(=O)C(=O)/C(=C(\O)c2ccc(OCC(C)C)cc2)C1c1ccc(OC)cc1. The van der Waals surface area contributed by atoms with Gasteiger partial charge in [0, 0.05) is 12.1 Å². The second kappa shape index (κ2) is 9.69. The van der Waals surface area contributed by atoms with Crippen LogP contribution >= 0.6 is 0 Å². The van der Waals surface area contributed by atoms with Gasteiger partial charge in [-0.3, -0.25) is 9.59 Å². The van der Waals surface area contributed by atoms with Gasteiger partial charge in [0.15, 0.2) is 0 Å². The van der Waals surface area contributed by atoms with Crippen molar-refractivity contribution in [3.05, 3.63) is 65.2 Å². The Kier molecular flexibility index (Phi) is 7.00. The van der Waals surface area contributed by atoms with E-state index < -0.39 is 17.7 Å². The van der Waals surface area contributed by atoms with Gasteiger partial charge in [-0.2, -0.15) is 0 Å². The monoisotopic (exact) mass is 423 g/mol. The van der Waals surface area contributed by atoms with E-state index in [0.29, 0.717) is 42.6 Å². The topological polar surface area (TPSA) is 76.1 Å². The molecule has 0 aliphatic carbocycles. The molecular formula is C25H29NO5. The van der Waals surface area contributed by atoms with Crippen molar-refractivity contribution >= 4 is 17.4 Å². The van der Waals surface area contributed by atoms with Crippen molar-refractivity contribution in [1.29, 1.82) is 0 Å². The standard InChI is InChI=1S/C25H29NO5/c1-5-14-26-22(17-6-10-19(30-4)11-7-17)21(24(28)25(26)29)23(27)18-8-12-20(13-9-18)31-15-16(2)3/h6-13,16,22,27H,5,14-15H2,1-4H3/b23-21-. The van der Waals surface area contributed by atoms with Crippen LogP contribution in [0.3, 0.4) is 0 Å². The number of amides is 1. The first-order valence-electron chi connectivity index (χ1n) is 10.5. The van der Waals surface area contributed by atoms with Gasteiger partial charge in [0.05, 0.1) is 25.3 Å². The quantitative estimate of drug-likeness (QED) is 0.383. The summed E-state index contributed by atoms with van der Waals surface area (Å²) in [5.74, 6) is 0.296. The minimum Gasteiger partial charge on any atom is -0.507 e. The number of likely N-dealkylation sites (tertiary alicyclic amines) is 1. The van der Waals surface area contributed by atoms with Crippen LogP contribution in [0, 0.1) is 5.92 Å². The van der Waals surface area contributed by atoms with E-state index in [1.54, 1.807) is 43.5 Å². The molecular weight excluding hydrogens is 394 g/mol. The predicted octanol–water partition coefficient (Wildman–Crippen LogP) is 4.56. The van der Waals surface area contributed by atoms with Crippen LogP contribution in [0.1, 0.15) is 44.4 Å². The van der Waals surface area contributed by atoms with Gasteiger partial charge in [-0.05, 0) is 54.3 Å². The third-order valence-electron chi connectivity index (χ3n) is 5.15. The number of ketones is 1. The predicted molar refractivity (Wildman–Crippen MR) is 119 cm³/mol. The van der Waals surface area contributed by atoms with Crippen LogP contribution in [0.25, 0.3) is 5.76 Å². The van der Waals surface area contributed by atoms with Crippen molar-refractivity contribution in [2.75, 3.05) is 20.3 Å². The van der Waals surface area contributed by atoms with Crippen LogP contribution in [0.15, 0.2) is 54.1 Å². The number of nitrogens with zero attached hydrogens (tertiary/aromatic N) is 1. The third-order valence-corrected chi connectivity index (χ3v) is 5.15. The smallest absolute Gasteiger partial charge is 0.295 e. The fourth-order valence-corrected chi connectivity index (χ4v) is 3.61. The Morgan fingerprint density at radius 1 is 1.03 bits per heavy atom. The maximum atomic E-state index is 12.9. The van der Waals surface area contributed by atoms with E-state index in [1.807, 2.05) is 19.1 Å². The molecule has 31 heavy (non-hydrogen) atoms. The Labute approximate surface area is 183 Å². The molecule has 0 spiro atoms. The fourth-order valence-electron chi connectivity index (χ4n) is 3.61. The Hall–Kier alpha value is -3.28. The highest BCUT2D eigenvalue weighted by atomic mass is 16.5. The summed E-state index contributed by atoms with van der Waals surface area (Å²) in [5, 5.41) is 11.1. The molecule has 6 nitrogen and oxygen atoms in total. The summed E-state index contributed by atoms with van der Waals surface area (Å²) < 4.78 is 10.9. The number of hydrogen-bond donors (Lipinski definition) is 1. The Balaban J connectivity index is 2.02. The first kappa shape index (κ1) is 22.4. The summed E-state index contributed by atoms with van der Waals surface area (Å²) in [6.45, 7) is 7.08. The van der Waals surface area contributed by atoms with E-state index in [4.69, 9.17) is 9.47 Å². The molecule has 0 saturated carbocycles. The lowest BCUT2D eigenvalue weighted by atomic mass is 9.95. The van der Waals surface area contributed by atoms with Crippen LogP contribution in [0.4, 0.5) is 0 Å². The minimum atomic E-state index is -0.674. The average Bonchev–Trinajstić information content (AvgIpc) is 3.03. The normalized spacial score (nSPS) is 18.0. The number of Topliss-reactive ketones (excluding diaryl/α,β-unsaturated/α-hetero) is 1. The third kappa shape index (κ3) is 4.74. The molecule has 1 heterocycles. The molecule has 2 aromatic carbocycles. The lowest BCUT2D eigenvalue weighted by molar-refractivity contribution is -0.139. The van der Waals surface area contributed by atoms with Gasteiger partial charge in [0.25, 0.3) is 11.7 Å². The number of carbonyl (C=O) groups is 2. The van der Waals surface area contributed by atoms with E-state index in [-0.39, 0.29) is 11.3 Å². The molecule has 1 fully saturated rings. The van der Waals surface area contributed by atoms with Gasteiger partial charge in [-0.1, -0.05) is 32.9 Å². The summed E-state index contributed by atoms with van der Waals surface area (Å²) >= 11 is 0. The van der Waals surface area contributed by atoms with E-state index >= 15 is 0 Å². The zero-order chi connectivity index (χ0) is 22.5. The highest BCUT2D eigenvalue weighted by molar-refractivity contribution is 6.46. The number of aliphatic hydroxyl groups is 1. The van der Waals surface area contributed by atoms with Gasteiger partial charge < -0.3 is 19.5 Å². The molecule has 1 unspecified atom stereocenters. The highest BCUT2D eigenvalue weighted by Gasteiger charge is 2.45. The summed E-state index contributed by atoms with van der Waals surface area (Å²) in [7, 11) is 1.58. The molecule has 0 aromatic heterocycles. The fraction of sp³-hybridized carbons (Fsp3) is 0.360. The van der Waals surface area contributed by atoms with E-state index in [1.165, 1.54) is 4.90 Å². The molecule has 1 saturated heterocycles. The molecule has 1 N–H and O–H groups in total. The lowest BCUT2D eigenvalue weighted by Gasteiger charge is -2.25. The molecule has 1 aliphatic heterocycles. The molecule has 164 valence electrons. The Bertz CT molecular complexity index is 960. The van der Waals surface area contributed by atoms with Crippen molar-refractivity contribution in [2.24, 2.45) is 5.92 Å². The first-order valence-corrected chi connectivity index (χ1v) is 10.5. The van der Waals surface area contributed by atoms with Crippen LogP contribution < -0.4 is 9.47 Å². The molecule has 2 aromatic rings. The van der Waals surface area contributed by atoms with E-state index in [2.05, 4.69) is 13.8 Å². The minimum absolute atomic E-state index is 0.0967. The molecule has 6 heteroatoms. The van der Waals surface area contributed by atoms with Crippen molar-refractivity contribution in [3.63, 3.8) is 0 Å². The van der Waals surface area contributed by atoms with Crippen molar-refractivity contribution in [2.45, 2.75) is 33.2 Å². The zero-order valence-corrected chi connectivity index (χ0v) is 18.4. The Morgan fingerprint density at radius 3 is 2.19 bits per heavy atom. The van der Waals surface area contributed by atoms with Gasteiger partial charge in [0.2, 0.25) is 0 Å². The highest BCUT2D eigenvalue weighted by Crippen LogP contribution is 2.40. The second-order valence-corrected chi connectivity index (χ2v) is 7.99. The van der Waals surface area contributed by atoms with Gasteiger partial charge in [-0.25, -0.2) is 0 Å². The van der Waals surface area contributed by atoms with Crippen LogP contribution in [0.5, 0.6) is 11.5 Å². The number of carbonyl (C=O) groups excluding carboxylic acids is 2. The molecule has 1 aliphatic rings. The largest absolute Gasteiger partial charge is 0.507 e. The Morgan fingerprint density at radius 2 is 1.65 bits per heavy atom. The van der Waals surface area contributed by atoms with Gasteiger partial charge >= 0.3 is 0 Å². The number of benzene rings is 2. The molecule has 3 rings (SSSR count). The summed E-state index contributed by atoms with van der Waals surface area (Å²) in [5.41, 5.74) is 1.30. The lowest BCUT2D eigenvalue weighted by Crippen LogP contribution is -2.30. The van der Waals surface area contributed by atoms with Gasteiger partial charge in [0.1, 0.15) is 17.3 Å². The summed E-state index contributed by atoms with van der Waals surface area (Å²) in [6.07, 6.45) is 0.696. The molecule has 1 amide bonds. The maximum Gasteiger partial charge on any atom is 0.295 e. The number of rotatable bonds is 8. The van der Waals surface area contributed by atoms with E-state index in [0.717, 1.165) is 5.56 Å². The van der Waals surface area contributed by atoms with Crippen molar-refractivity contribution < 1.29 is 24.2 Å². The van der Waals surface area contributed by atoms with Crippen LogP contribution in [-0.4, -0.2) is 42.0 Å². The van der Waals surface area contributed by atoms with Crippen LogP contribution in [0.2, 0.25) is 0 Å². The van der Waals surface area contributed by atoms with E-state index in [9.17, 15) is 14.7 Å². The number of aliphatic hydroxyl groups excluding tert-OH is 1. The zero-order valence-electron chi connectivity index (χ0n) is 18.4. The number of methoxy groups -OCH3 is 1. The first-order chi connectivity index (χ1) is 14.9. The van der Waals surface area contributed by atoms with Gasteiger partial charge in [-0.15, -0.1) is 0 Å². The number of ether oxygens (including phenoxy) is 2. The second-order valence-electron chi connectivity index (χ2n) is 7.99. The van der Waals surface area contributed by atoms with Crippen molar-refractivity contribution in [3.8, 4) is 11.5 Å². The molecule has 0 radical (unpaired) electrons. The summed E-state index contributed by atoms with van der Waals surface area (Å²) in [6, 6.07) is 13.4. The number of hydrogen-bond acceptors (Lipinski definition) is 5. The van der Waals surface area contributed by atoms with Crippen LogP contribution in [-0.2, 0) is 9.59 Å².